The van der Waals surface area contributed by atoms with E-state index < -0.39 is 5.60 Å². The quantitative estimate of drug-likeness (QED) is 0.189. The van der Waals surface area contributed by atoms with Gasteiger partial charge in [-0.15, -0.1) is 11.3 Å². The molecule has 4 heterocycles. The molecule has 0 saturated carbocycles. The lowest BCUT2D eigenvalue weighted by Gasteiger charge is -2.25. The van der Waals surface area contributed by atoms with E-state index in [2.05, 4.69) is 25.4 Å². The van der Waals surface area contributed by atoms with E-state index in [4.69, 9.17) is 10.5 Å². The second-order valence-electron chi connectivity index (χ2n) is 10.3. The highest BCUT2D eigenvalue weighted by atomic mass is 32.1. The molecule has 1 atom stereocenters. The first-order valence-corrected chi connectivity index (χ1v) is 14.1. The second-order valence-corrected chi connectivity index (χ2v) is 11.2. The first-order chi connectivity index (χ1) is 19.3. The molecular weight excluding hydrogens is 526 g/mol. The van der Waals surface area contributed by atoms with Crippen LogP contribution < -0.4 is 11.1 Å². The van der Waals surface area contributed by atoms with Crippen molar-refractivity contribution in [2.75, 3.05) is 24.2 Å². The van der Waals surface area contributed by atoms with Crippen LogP contribution in [0.15, 0.2) is 59.3 Å². The molecule has 5 rings (SSSR count). The summed E-state index contributed by atoms with van der Waals surface area (Å²) in [5.74, 6) is -0.345. The Morgan fingerprint density at radius 2 is 2.20 bits per heavy atom. The summed E-state index contributed by atoms with van der Waals surface area (Å²) < 4.78 is 7.84. The molecule has 1 amide bonds. The van der Waals surface area contributed by atoms with Crippen molar-refractivity contribution in [3.8, 4) is 21.8 Å². The number of carbonyl (C=O) groups excluding carboxylic acids is 1. The van der Waals surface area contributed by atoms with Crippen LogP contribution in [0.5, 0.6) is 0 Å². The lowest BCUT2D eigenvalue weighted by Crippen LogP contribution is -2.20. The molecule has 1 fully saturated rings. The van der Waals surface area contributed by atoms with E-state index in [1.807, 2.05) is 35.0 Å². The number of thiazole rings is 1. The van der Waals surface area contributed by atoms with Gasteiger partial charge in [0.15, 0.2) is 6.23 Å². The molecule has 0 radical (unpaired) electrons. The molecule has 1 saturated heterocycles. The maximum atomic E-state index is 13.4. The maximum Gasteiger partial charge on any atom is 0.275 e. The number of nitrogen functional groups attached to an aromatic ring is 1. The highest BCUT2D eigenvalue weighted by molar-refractivity contribution is 7.13. The number of benzene rings is 1. The highest BCUT2D eigenvalue weighted by Crippen LogP contribution is 2.35. The third-order valence-corrected chi connectivity index (χ3v) is 7.47. The molecule has 4 N–H and O–H groups in total. The largest absolute Gasteiger partial charge is 0.398 e. The Morgan fingerprint density at radius 3 is 2.95 bits per heavy atom. The number of hydrogen-bond acceptors (Lipinski definition) is 9. The molecule has 1 aromatic carbocycles. The lowest BCUT2D eigenvalue weighted by molar-refractivity contribution is -0.0383. The molecule has 1 aliphatic heterocycles. The van der Waals surface area contributed by atoms with Crippen LogP contribution in [0.2, 0.25) is 0 Å². The number of carbonyl (C=O) groups is 1. The summed E-state index contributed by atoms with van der Waals surface area (Å²) in [6.45, 7) is 4.61. The molecule has 11 heteroatoms. The van der Waals surface area contributed by atoms with E-state index >= 15 is 0 Å². The van der Waals surface area contributed by atoms with Gasteiger partial charge in [0.05, 0.1) is 17.0 Å². The van der Waals surface area contributed by atoms with Crippen molar-refractivity contribution in [3.05, 3.63) is 65.6 Å². The fraction of sp³-hybridized carbons (Fsp3) is 0.345. The number of rotatable bonds is 9. The van der Waals surface area contributed by atoms with Crippen molar-refractivity contribution >= 4 is 34.8 Å². The van der Waals surface area contributed by atoms with Crippen molar-refractivity contribution in [2.24, 2.45) is 4.99 Å². The zero-order valence-corrected chi connectivity index (χ0v) is 23.4. The van der Waals surface area contributed by atoms with Crippen molar-refractivity contribution < 1.29 is 14.6 Å². The van der Waals surface area contributed by atoms with Gasteiger partial charge in [-0.1, -0.05) is 0 Å². The number of ether oxygens (including phenoxy) is 1. The highest BCUT2D eigenvalue weighted by Gasteiger charge is 2.23. The zero-order valence-electron chi connectivity index (χ0n) is 22.6. The number of nitrogens with zero attached hydrogens (tertiary/aromatic N) is 5. The Bertz CT molecular complexity index is 1490. The van der Waals surface area contributed by atoms with Gasteiger partial charge in [0.2, 0.25) is 0 Å². The minimum absolute atomic E-state index is 0.188. The number of nitrogens with one attached hydrogen (secondary N) is 1. The third-order valence-electron chi connectivity index (χ3n) is 6.57. The second kappa shape index (κ2) is 12.1. The van der Waals surface area contributed by atoms with Crippen LogP contribution in [0.25, 0.3) is 21.8 Å². The van der Waals surface area contributed by atoms with Gasteiger partial charge in [-0.05, 0) is 69.9 Å². The molecule has 10 nitrogen and oxygen atoms in total. The summed E-state index contributed by atoms with van der Waals surface area (Å²) >= 11 is 1.38. The predicted octanol–water partition coefficient (Wildman–Crippen LogP) is 5.18. The summed E-state index contributed by atoms with van der Waals surface area (Å²) in [7, 11) is 0. The number of anilines is 2. The van der Waals surface area contributed by atoms with Gasteiger partial charge < -0.3 is 20.9 Å². The average Bonchev–Trinajstić information content (AvgIpc) is 3.64. The predicted molar refractivity (Wildman–Crippen MR) is 158 cm³/mol. The first kappa shape index (κ1) is 27.6. The summed E-state index contributed by atoms with van der Waals surface area (Å²) in [6.07, 6.45) is 10.1. The molecule has 0 spiro atoms. The molecule has 4 aromatic rings. The zero-order chi connectivity index (χ0) is 28.1. The summed E-state index contributed by atoms with van der Waals surface area (Å²) in [5, 5.41) is 20.0. The number of aliphatic imine (C=N–C) groups is 1. The van der Waals surface area contributed by atoms with Crippen LogP contribution in [-0.4, -0.2) is 55.7 Å². The van der Waals surface area contributed by atoms with E-state index in [9.17, 15) is 9.90 Å². The molecule has 208 valence electrons. The maximum absolute atomic E-state index is 13.4. The average molecular weight is 560 g/mol. The first-order valence-electron chi connectivity index (χ1n) is 13.3. The topological polar surface area (TPSA) is 141 Å². The van der Waals surface area contributed by atoms with Gasteiger partial charge in [-0.3, -0.25) is 14.8 Å². The van der Waals surface area contributed by atoms with Gasteiger partial charge in [0, 0.05) is 65.7 Å². The summed E-state index contributed by atoms with van der Waals surface area (Å²) in [6, 6.07) is 9.27. The molecule has 0 aliphatic carbocycles. The molecule has 40 heavy (non-hydrogen) atoms. The van der Waals surface area contributed by atoms with Gasteiger partial charge in [0.1, 0.15) is 10.7 Å². The number of nitrogens with two attached hydrogens (primary N) is 1. The Kier molecular flexibility index (Phi) is 8.34. The number of amides is 1. The molecule has 1 unspecified atom stereocenters. The van der Waals surface area contributed by atoms with E-state index in [0.29, 0.717) is 52.8 Å². The fourth-order valence-electron chi connectivity index (χ4n) is 4.42. The molecule has 3 aromatic heterocycles. The van der Waals surface area contributed by atoms with Crippen LogP contribution >= 0.6 is 11.3 Å². The third kappa shape index (κ3) is 6.61. The number of aliphatic hydroxyl groups is 1. The minimum atomic E-state index is -0.812. The smallest absolute Gasteiger partial charge is 0.275 e. The van der Waals surface area contributed by atoms with Crippen LogP contribution in [0.3, 0.4) is 0 Å². The summed E-state index contributed by atoms with van der Waals surface area (Å²) in [4.78, 5) is 26.5. The van der Waals surface area contributed by atoms with Gasteiger partial charge in [-0.25, -0.2) is 9.67 Å². The van der Waals surface area contributed by atoms with Crippen molar-refractivity contribution in [2.45, 2.75) is 51.4 Å². The van der Waals surface area contributed by atoms with E-state index in [1.165, 1.54) is 11.3 Å². The van der Waals surface area contributed by atoms with Crippen LogP contribution in [-0.2, 0) is 4.74 Å². The standard InChI is InChI=1S/C29H33N7O3S/c1-29(2,38)9-12-32-17-20-14-23(34-27(37)24-18-40-28(35-24)19-6-5-10-31-16-19)21(15-22(20)30)25-8-11-33-36(25)26-7-3-4-13-39-26/h5-6,8,10-11,14-18,26,38H,3-4,7,9,12-13,30H2,1-2H3,(H,34,37). The van der Waals surface area contributed by atoms with Crippen molar-refractivity contribution in [1.29, 1.82) is 0 Å². The van der Waals surface area contributed by atoms with Crippen LogP contribution in [0, 0.1) is 0 Å². The van der Waals surface area contributed by atoms with Gasteiger partial charge in [0.25, 0.3) is 5.91 Å². The normalized spacial score (nSPS) is 15.9. The Morgan fingerprint density at radius 1 is 1.32 bits per heavy atom. The van der Waals surface area contributed by atoms with Crippen molar-refractivity contribution in [1.82, 2.24) is 19.7 Å². The van der Waals surface area contributed by atoms with E-state index in [1.54, 1.807) is 44.0 Å². The summed E-state index contributed by atoms with van der Waals surface area (Å²) in [5.41, 5.74) is 10.0. The van der Waals surface area contributed by atoms with Crippen molar-refractivity contribution in [3.63, 3.8) is 0 Å². The van der Waals surface area contributed by atoms with Crippen LogP contribution in [0.4, 0.5) is 11.4 Å². The van der Waals surface area contributed by atoms with E-state index in [0.717, 1.165) is 30.5 Å². The number of pyridine rings is 1. The fourth-order valence-corrected chi connectivity index (χ4v) is 5.21. The lowest BCUT2D eigenvalue weighted by atomic mass is 10.0. The monoisotopic (exact) mass is 559 g/mol. The SMILES string of the molecule is CC(C)(O)CCN=Cc1cc(NC(=O)c2csc(-c3cccnc3)n2)c(-c2ccnn2C2CCCCO2)cc1N. The van der Waals surface area contributed by atoms with Gasteiger partial charge in [-0.2, -0.15) is 5.10 Å². The van der Waals surface area contributed by atoms with E-state index in [-0.39, 0.29) is 12.1 Å². The Balaban J connectivity index is 1.48. The minimum Gasteiger partial charge on any atom is -0.398 e. The Labute approximate surface area is 237 Å². The molecular formula is C29H33N7O3S. The Hall–Kier alpha value is -3.93. The van der Waals surface area contributed by atoms with Crippen LogP contribution in [0.1, 0.15) is 61.8 Å². The molecule has 0 bridgehead atoms. The number of hydrogen-bond donors (Lipinski definition) is 3. The molecule has 1 aliphatic rings. The van der Waals surface area contributed by atoms with Gasteiger partial charge >= 0.3 is 0 Å². The number of aromatic nitrogens is 4.